The van der Waals surface area contributed by atoms with Crippen molar-refractivity contribution < 1.29 is 10.2 Å². The van der Waals surface area contributed by atoms with Gasteiger partial charge < -0.3 is 10.2 Å². The Morgan fingerprint density at radius 2 is 2.16 bits per heavy atom. The first kappa shape index (κ1) is 14.2. The molecule has 0 aromatic carbocycles. The smallest absolute Gasteiger partial charge is 0.328 e. The van der Waals surface area contributed by atoms with Gasteiger partial charge >= 0.3 is 5.69 Å². The molecule has 0 radical (unpaired) electrons. The molecule has 0 spiro atoms. The van der Waals surface area contributed by atoms with Crippen LogP contribution in [-0.4, -0.2) is 33.0 Å². The van der Waals surface area contributed by atoms with Crippen LogP contribution in [0.5, 0.6) is 0 Å². The van der Waals surface area contributed by atoms with Crippen LogP contribution in [0.25, 0.3) is 6.08 Å². The van der Waals surface area contributed by atoms with E-state index in [-0.39, 0.29) is 31.1 Å². The van der Waals surface area contributed by atoms with Crippen LogP contribution in [0.2, 0.25) is 0 Å². The van der Waals surface area contributed by atoms with Crippen molar-refractivity contribution in [3.63, 3.8) is 0 Å². The summed E-state index contributed by atoms with van der Waals surface area (Å²) in [6.45, 7) is -0.0981. The second kappa shape index (κ2) is 5.85. The Morgan fingerprint density at radius 1 is 1.42 bits per heavy atom. The molecule has 0 saturated heterocycles. The van der Waals surface area contributed by atoms with Crippen LogP contribution in [0, 0.1) is 11.8 Å². The molecule has 3 atom stereocenters. The predicted octanol–water partition coefficient (Wildman–Crippen LogP) is 0.0640. The number of rotatable bonds is 4. The molecule has 0 unspecified atom stereocenters. The number of nitrogens with zero attached hydrogens (tertiary/aromatic N) is 1. The molecule has 1 aromatic rings. The van der Waals surface area contributed by atoms with Crippen LogP contribution in [0.3, 0.4) is 0 Å². The molecule has 104 valence electrons. The van der Waals surface area contributed by atoms with Crippen LogP contribution in [0.1, 0.15) is 18.0 Å². The maximum absolute atomic E-state index is 11.8. The number of H-pyrrole nitrogens is 1. The SMILES string of the molecule is O=c1[nH]c(=O)n([C@@H]2C[C@H](CO)[C@H]2CO)cc1C=CBr. The van der Waals surface area contributed by atoms with Gasteiger partial charge in [0.25, 0.3) is 5.56 Å². The summed E-state index contributed by atoms with van der Waals surface area (Å²) in [7, 11) is 0. The standard InChI is InChI=1S/C12H15BrN2O4/c13-2-1-7-4-15(12(19)14-11(7)18)10-3-8(5-16)9(10)6-17/h1-2,4,8-10,16-17H,3,5-6H2,(H,14,18,19)/t8-,9-,10-/m1/s1. The van der Waals surface area contributed by atoms with Gasteiger partial charge in [-0.3, -0.25) is 14.3 Å². The zero-order valence-corrected chi connectivity index (χ0v) is 11.7. The number of aromatic nitrogens is 2. The molecule has 2 rings (SSSR count). The van der Waals surface area contributed by atoms with Gasteiger partial charge in [0.15, 0.2) is 0 Å². The maximum Gasteiger partial charge on any atom is 0.328 e. The Labute approximate surface area is 117 Å². The Morgan fingerprint density at radius 3 is 2.74 bits per heavy atom. The predicted molar refractivity (Wildman–Crippen MR) is 74.1 cm³/mol. The summed E-state index contributed by atoms with van der Waals surface area (Å²) in [5.74, 6) is -0.154. The van der Waals surface area contributed by atoms with E-state index in [1.165, 1.54) is 15.7 Å². The van der Waals surface area contributed by atoms with Crippen molar-refractivity contribution in [2.24, 2.45) is 11.8 Å². The number of hydrogen-bond donors (Lipinski definition) is 3. The van der Waals surface area contributed by atoms with Crippen LogP contribution in [0.4, 0.5) is 0 Å². The van der Waals surface area contributed by atoms with Crippen molar-refractivity contribution in [1.82, 2.24) is 9.55 Å². The molecule has 0 aliphatic heterocycles. The summed E-state index contributed by atoms with van der Waals surface area (Å²) in [4.78, 5) is 27.2. The monoisotopic (exact) mass is 330 g/mol. The Bertz CT molecular complexity index is 592. The fraction of sp³-hybridized carbons (Fsp3) is 0.500. The highest BCUT2D eigenvalue weighted by atomic mass is 79.9. The lowest BCUT2D eigenvalue weighted by molar-refractivity contribution is -0.00876. The maximum atomic E-state index is 11.8. The van der Waals surface area contributed by atoms with Crippen molar-refractivity contribution in [2.75, 3.05) is 13.2 Å². The molecule has 0 bridgehead atoms. The number of aliphatic hydroxyl groups is 2. The first-order valence-electron chi connectivity index (χ1n) is 5.96. The van der Waals surface area contributed by atoms with Gasteiger partial charge in [-0.25, -0.2) is 4.79 Å². The van der Waals surface area contributed by atoms with E-state index in [2.05, 4.69) is 20.9 Å². The molecule has 1 aromatic heterocycles. The lowest BCUT2D eigenvalue weighted by atomic mass is 9.70. The number of aromatic amines is 1. The second-order valence-electron chi connectivity index (χ2n) is 4.64. The minimum absolute atomic E-state index is 0.00370. The van der Waals surface area contributed by atoms with E-state index in [0.717, 1.165) is 0 Å². The molecule has 1 aliphatic carbocycles. The molecule has 6 nitrogen and oxygen atoms in total. The summed E-state index contributed by atoms with van der Waals surface area (Å²) < 4.78 is 1.43. The Hall–Kier alpha value is -1.18. The van der Waals surface area contributed by atoms with Crippen LogP contribution in [0.15, 0.2) is 20.8 Å². The average Bonchev–Trinajstić information content (AvgIpc) is 2.34. The molecule has 19 heavy (non-hydrogen) atoms. The number of aliphatic hydroxyl groups excluding tert-OH is 2. The molecule has 1 fully saturated rings. The summed E-state index contributed by atoms with van der Waals surface area (Å²) in [5.41, 5.74) is -0.576. The largest absolute Gasteiger partial charge is 0.396 e. The molecule has 1 heterocycles. The van der Waals surface area contributed by atoms with E-state index >= 15 is 0 Å². The molecule has 0 amide bonds. The number of halogens is 1. The molecule has 1 saturated carbocycles. The minimum Gasteiger partial charge on any atom is -0.396 e. The summed E-state index contributed by atoms with van der Waals surface area (Å²) in [6, 6.07) is -0.186. The first-order valence-corrected chi connectivity index (χ1v) is 6.87. The lowest BCUT2D eigenvalue weighted by Crippen LogP contribution is -2.47. The fourth-order valence-corrected chi connectivity index (χ4v) is 2.80. The fourth-order valence-electron chi connectivity index (χ4n) is 2.51. The van der Waals surface area contributed by atoms with Gasteiger partial charge in [-0.15, -0.1) is 0 Å². The molecule has 3 N–H and O–H groups in total. The minimum atomic E-state index is -0.489. The topological polar surface area (TPSA) is 95.3 Å². The van der Waals surface area contributed by atoms with E-state index in [4.69, 9.17) is 5.11 Å². The van der Waals surface area contributed by atoms with Crippen molar-refractivity contribution in [3.8, 4) is 0 Å². The average molecular weight is 331 g/mol. The van der Waals surface area contributed by atoms with E-state index in [0.29, 0.717) is 12.0 Å². The van der Waals surface area contributed by atoms with Gasteiger partial charge in [-0.05, 0) is 23.4 Å². The summed E-state index contributed by atoms with van der Waals surface area (Å²) in [6.07, 6.45) is 3.65. The Balaban J connectivity index is 2.38. The lowest BCUT2D eigenvalue weighted by Gasteiger charge is -2.43. The third-order valence-corrected chi connectivity index (χ3v) is 3.95. The number of hydrogen-bond acceptors (Lipinski definition) is 4. The van der Waals surface area contributed by atoms with E-state index in [9.17, 15) is 14.7 Å². The van der Waals surface area contributed by atoms with Crippen molar-refractivity contribution >= 4 is 22.0 Å². The Kier molecular flexibility index (Phi) is 4.38. The van der Waals surface area contributed by atoms with Gasteiger partial charge in [0.1, 0.15) is 0 Å². The van der Waals surface area contributed by atoms with Crippen LogP contribution < -0.4 is 11.2 Å². The molecule has 1 aliphatic rings. The normalized spacial score (nSPS) is 26.6. The zero-order valence-electron chi connectivity index (χ0n) is 10.1. The van der Waals surface area contributed by atoms with Crippen LogP contribution in [-0.2, 0) is 0 Å². The van der Waals surface area contributed by atoms with Gasteiger partial charge in [0, 0.05) is 31.4 Å². The zero-order chi connectivity index (χ0) is 14.0. The molecule has 7 heteroatoms. The highest BCUT2D eigenvalue weighted by Gasteiger charge is 2.41. The van der Waals surface area contributed by atoms with Gasteiger partial charge in [-0.2, -0.15) is 0 Å². The number of nitrogens with one attached hydrogen (secondary N) is 1. The van der Waals surface area contributed by atoms with Crippen molar-refractivity contribution in [2.45, 2.75) is 12.5 Å². The second-order valence-corrected chi connectivity index (χ2v) is 5.16. The van der Waals surface area contributed by atoms with Gasteiger partial charge in [-0.1, -0.05) is 15.9 Å². The third-order valence-electron chi connectivity index (χ3n) is 3.68. The van der Waals surface area contributed by atoms with E-state index in [1.807, 2.05) is 0 Å². The van der Waals surface area contributed by atoms with Crippen LogP contribution >= 0.6 is 15.9 Å². The highest BCUT2D eigenvalue weighted by Crippen LogP contribution is 2.42. The quantitative estimate of drug-likeness (QED) is 0.727. The van der Waals surface area contributed by atoms with Gasteiger partial charge in [0.2, 0.25) is 0 Å². The third kappa shape index (κ3) is 2.58. The van der Waals surface area contributed by atoms with E-state index < -0.39 is 11.2 Å². The van der Waals surface area contributed by atoms with E-state index in [1.54, 1.807) is 6.08 Å². The summed E-state index contributed by atoms with van der Waals surface area (Å²) in [5, 5.41) is 18.4. The molecular weight excluding hydrogens is 316 g/mol. The van der Waals surface area contributed by atoms with Crippen molar-refractivity contribution in [1.29, 1.82) is 0 Å². The van der Waals surface area contributed by atoms with Crippen molar-refractivity contribution in [3.05, 3.63) is 37.6 Å². The first-order chi connectivity index (χ1) is 9.12. The molecular formula is C12H15BrN2O4. The summed E-state index contributed by atoms with van der Waals surface area (Å²) >= 11 is 3.08. The highest BCUT2D eigenvalue weighted by molar-refractivity contribution is 9.11. The van der Waals surface area contributed by atoms with Gasteiger partial charge in [0.05, 0.1) is 5.56 Å².